The van der Waals surface area contributed by atoms with Gasteiger partial charge in [-0.2, -0.15) is 0 Å². The van der Waals surface area contributed by atoms with Crippen LogP contribution in [0.4, 0.5) is 0 Å². The Kier molecular flexibility index (Phi) is 6.87. The van der Waals surface area contributed by atoms with Gasteiger partial charge >= 0.3 is 0 Å². The molecule has 1 aliphatic heterocycles. The van der Waals surface area contributed by atoms with Gasteiger partial charge in [0, 0.05) is 32.7 Å². The standard InChI is InChI=1S/C22H28N2O4/c1-16(2)15-27-11-6-10-23-21(25)19-13-17-7-3-4-8-18(17)14-24(19)22(26)20-9-5-12-28-20/h3-5,7-9,12,16,19H,6,10-11,13-15H2,1-2H3,(H,23,25). The third-order valence-electron chi connectivity index (χ3n) is 4.76. The quantitative estimate of drug-likeness (QED) is 0.710. The molecule has 1 aliphatic rings. The highest BCUT2D eigenvalue weighted by Crippen LogP contribution is 2.25. The Labute approximate surface area is 165 Å². The molecule has 3 rings (SSSR count). The van der Waals surface area contributed by atoms with E-state index in [0.29, 0.717) is 32.0 Å². The molecule has 6 nitrogen and oxygen atoms in total. The summed E-state index contributed by atoms with van der Waals surface area (Å²) in [7, 11) is 0. The molecule has 1 aromatic heterocycles. The smallest absolute Gasteiger partial charge is 0.290 e. The summed E-state index contributed by atoms with van der Waals surface area (Å²) in [6.45, 7) is 6.46. The number of carbonyl (C=O) groups is 2. The molecule has 0 spiro atoms. The maximum absolute atomic E-state index is 12.9. The number of hydrogen-bond donors (Lipinski definition) is 1. The number of furan rings is 1. The zero-order chi connectivity index (χ0) is 19.9. The molecule has 0 saturated carbocycles. The van der Waals surface area contributed by atoms with Gasteiger partial charge < -0.3 is 19.4 Å². The van der Waals surface area contributed by atoms with E-state index >= 15 is 0 Å². The van der Waals surface area contributed by atoms with Gasteiger partial charge in [0.1, 0.15) is 6.04 Å². The minimum absolute atomic E-state index is 0.140. The van der Waals surface area contributed by atoms with Crippen molar-refractivity contribution in [2.45, 2.75) is 39.3 Å². The Hall–Kier alpha value is -2.60. The summed E-state index contributed by atoms with van der Waals surface area (Å²) in [5.74, 6) is 0.343. The van der Waals surface area contributed by atoms with E-state index in [2.05, 4.69) is 19.2 Å². The lowest BCUT2D eigenvalue weighted by atomic mass is 9.93. The van der Waals surface area contributed by atoms with Crippen LogP contribution in [0, 0.1) is 5.92 Å². The monoisotopic (exact) mass is 384 g/mol. The van der Waals surface area contributed by atoms with E-state index in [4.69, 9.17) is 9.15 Å². The van der Waals surface area contributed by atoms with Crippen molar-refractivity contribution in [1.29, 1.82) is 0 Å². The SMILES string of the molecule is CC(C)COCCCNC(=O)C1Cc2ccccc2CN1C(=O)c1ccco1. The van der Waals surface area contributed by atoms with E-state index in [9.17, 15) is 9.59 Å². The first-order valence-corrected chi connectivity index (χ1v) is 9.83. The van der Waals surface area contributed by atoms with Gasteiger partial charge in [0.05, 0.1) is 6.26 Å². The molecule has 1 atom stereocenters. The molecular weight excluding hydrogens is 356 g/mol. The van der Waals surface area contributed by atoms with Crippen LogP contribution in [0.1, 0.15) is 41.9 Å². The Morgan fingerprint density at radius 2 is 2.00 bits per heavy atom. The molecule has 0 aliphatic carbocycles. The minimum atomic E-state index is -0.552. The van der Waals surface area contributed by atoms with Crippen LogP contribution in [0.2, 0.25) is 0 Å². The predicted molar refractivity (Wildman–Crippen MR) is 106 cm³/mol. The molecule has 0 fully saturated rings. The van der Waals surface area contributed by atoms with E-state index < -0.39 is 6.04 Å². The number of rotatable bonds is 8. The predicted octanol–water partition coefficient (Wildman–Crippen LogP) is 3.03. The summed E-state index contributed by atoms with van der Waals surface area (Å²) in [6.07, 6.45) is 2.71. The Balaban J connectivity index is 1.64. The fourth-order valence-electron chi connectivity index (χ4n) is 3.34. The zero-order valence-corrected chi connectivity index (χ0v) is 16.5. The van der Waals surface area contributed by atoms with Gasteiger partial charge in [-0.25, -0.2) is 0 Å². The van der Waals surface area contributed by atoms with Gasteiger partial charge in [-0.1, -0.05) is 38.1 Å². The van der Waals surface area contributed by atoms with Crippen molar-refractivity contribution in [3.63, 3.8) is 0 Å². The highest BCUT2D eigenvalue weighted by molar-refractivity contribution is 5.96. The largest absolute Gasteiger partial charge is 0.459 e. The van der Waals surface area contributed by atoms with Crippen molar-refractivity contribution in [2.75, 3.05) is 19.8 Å². The third kappa shape index (κ3) is 5.01. The van der Waals surface area contributed by atoms with E-state index in [0.717, 1.165) is 24.2 Å². The average Bonchev–Trinajstić information content (AvgIpc) is 3.23. The van der Waals surface area contributed by atoms with E-state index in [1.807, 2.05) is 24.3 Å². The van der Waals surface area contributed by atoms with Crippen LogP contribution in [-0.4, -0.2) is 42.5 Å². The molecule has 1 aromatic carbocycles. The van der Waals surface area contributed by atoms with E-state index in [1.54, 1.807) is 17.0 Å². The number of hydrogen-bond acceptors (Lipinski definition) is 4. The molecule has 150 valence electrons. The molecular formula is C22H28N2O4. The van der Waals surface area contributed by atoms with E-state index in [1.165, 1.54) is 6.26 Å². The number of amides is 2. The van der Waals surface area contributed by atoms with Gasteiger partial charge in [0.2, 0.25) is 5.91 Å². The number of fused-ring (bicyclic) bond motifs is 1. The summed E-state index contributed by atoms with van der Waals surface area (Å²) in [5, 5.41) is 2.96. The summed E-state index contributed by atoms with van der Waals surface area (Å²) >= 11 is 0. The lowest BCUT2D eigenvalue weighted by molar-refractivity contribution is -0.126. The van der Waals surface area contributed by atoms with Crippen LogP contribution in [0.3, 0.4) is 0 Å². The van der Waals surface area contributed by atoms with Gasteiger partial charge in [0.15, 0.2) is 5.76 Å². The Bertz CT molecular complexity index is 786. The number of benzene rings is 1. The second-order valence-electron chi connectivity index (χ2n) is 7.51. The second kappa shape index (κ2) is 9.55. The molecule has 2 amide bonds. The summed E-state index contributed by atoms with van der Waals surface area (Å²) in [4.78, 5) is 27.4. The number of ether oxygens (including phenoxy) is 1. The van der Waals surface area contributed by atoms with Crippen LogP contribution >= 0.6 is 0 Å². The topological polar surface area (TPSA) is 71.8 Å². The number of nitrogens with zero attached hydrogens (tertiary/aromatic N) is 1. The molecule has 0 saturated heterocycles. The van der Waals surface area contributed by atoms with Crippen LogP contribution in [0.5, 0.6) is 0 Å². The van der Waals surface area contributed by atoms with Crippen LogP contribution in [0.25, 0.3) is 0 Å². The Morgan fingerprint density at radius 3 is 2.71 bits per heavy atom. The summed E-state index contributed by atoms with van der Waals surface area (Å²) in [5.41, 5.74) is 2.17. The molecule has 1 unspecified atom stereocenters. The minimum Gasteiger partial charge on any atom is -0.459 e. The average molecular weight is 384 g/mol. The fraction of sp³-hybridized carbons (Fsp3) is 0.455. The first-order valence-electron chi connectivity index (χ1n) is 9.83. The van der Waals surface area contributed by atoms with Crippen molar-refractivity contribution < 1.29 is 18.7 Å². The van der Waals surface area contributed by atoms with E-state index in [-0.39, 0.29) is 17.6 Å². The summed E-state index contributed by atoms with van der Waals surface area (Å²) in [6, 6.07) is 10.7. The van der Waals surface area contributed by atoms with Crippen LogP contribution < -0.4 is 5.32 Å². The fourth-order valence-corrected chi connectivity index (χ4v) is 3.34. The van der Waals surface area contributed by atoms with Crippen LogP contribution in [0.15, 0.2) is 47.1 Å². The summed E-state index contributed by atoms with van der Waals surface area (Å²) < 4.78 is 10.8. The van der Waals surface area contributed by atoms with Crippen molar-refractivity contribution in [1.82, 2.24) is 10.2 Å². The van der Waals surface area contributed by atoms with Gasteiger partial charge in [-0.3, -0.25) is 9.59 Å². The van der Waals surface area contributed by atoms with Gasteiger partial charge in [0.25, 0.3) is 5.91 Å². The molecule has 0 radical (unpaired) electrons. The van der Waals surface area contributed by atoms with Crippen molar-refractivity contribution >= 4 is 11.8 Å². The van der Waals surface area contributed by atoms with Crippen molar-refractivity contribution in [3.05, 3.63) is 59.5 Å². The maximum Gasteiger partial charge on any atom is 0.290 e. The third-order valence-corrected chi connectivity index (χ3v) is 4.76. The van der Waals surface area contributed by atoms with Crippen molar-refractivity contribution in [2.24, 2.45) is 5.92 Å². The molecule has 28 heavy (non-hydrogen) atoms. The molecule has 1 N–H and O–H groups in total. The number of nitrogens with one attached hydrogen (secondary N) is 1. The molecule has 2 heterocycles. The lowest BCUT2D eigenvalue weighted by Crippen LogP contribution is -2.52. The first-order chi connectivity index (χ1) is 13.6. The lowest BCUT2D eigenvalue weighted by Gasteiger charge is -2.35. The molecule has 2 aromatic rings. The molecule has 0 bridgehead atoms. The highest BCUT2D eigenvalue weighted by atomic mass is 16.5. The van der Waals surface area contributed by atoms with Gasteiger partial charge in [-0.15, -0.1) is 0 Å². The zero-order valence-electron chi connectivity index (χ0n) is 16.5. The molecule has 6 heteroatoms. The highest BCUT2D eigenvalue weighted by Gasteiger charge is 2.35. The van der Waals surface area contributed by atoms with Crippen molar-refractivity contribution in [3.8, 4) is 0 Å². The first kappa shape index (κ1) is 20.1. The van der Waals surface area contributed by atoms with Gasteiger partial charge in [-0.05, 0) is 35.6 Å². The Morgan fingerprint density at radius 1 is 1.21 bits per heavy atom. The normalized spacial score (nSPS) is 16.1. The number of carbonyl (C=O) groups excluding carboxylic acids is 2. The van der Waals surface area contributed by atoms with Crippen LogP contribution in [-0.2, 0) is 22.5 Å². The second-order valence-corrected chi connectivity index (χ2v) is 7.51. The maximum atomic E-state index is 12.9.